The number of hydrogen-bond donors (Lipinski definition) is 3. The van der Waals surface area contributed by atoms with Crippen LogP contribution in [0, 0.1) is 5.82 Å². The smallest absolute Gasteiger partial charge is 0.315 e. The van der Waals surface area contributed by atoms with Crippen LogP contribution in [0.15, 0.2) is 24.3 Å². The molecule has 1 aliphatic carbocycles. The number of halogens is 1. The normalized spacial score (nSPS) is 14.7. The third kappa shape index (κ3) is 5.22. The molecule has 1 aliphatic rings. The molecule has 0 bridgehead atoms. The van der Waals surface area contributed by atoms with Gasteiger partial charge in [-0.2, -0.15) is 0 Å². The first-order valence-corrected chi connectivity index (χ1v) is 9.35. The molecule has 9 heteroatoms. The Morgan fingerprint density at radius 2 is 1.85 bits per heavy atom. The predicted molar refractivity (Wildman–Crippen MR) is 96.5 cm³/mol. The van der Waals surface area contributed by atoms with Gasteiger partial charge in [0.15, 0.2) is 0 Å². The van der Waals surface area contributed by atoms with Crippen LogP contribution in [-0.4, -0.2) is 28.2 Å². The zero-order valence-electron chi connectivity index (χ0n) is 14.1. The summed E-state index contributed by atoms with van der Waals surface area (Å²) in [5.41, 5.74) is 0.470. The summed E-state index contributed by atoms with van der Waals surface area (Å²) in [6, 6.07) is 5.45. The van der Waals surface area contributed by atoms with Gasteiger partial charge < -0.3 is 16.0 Å². The van der Waals surface area contributed by atoms with Crippen LogP contribution in [0.3, 0.4) is 0 Å². The van der Waals surface area contributed by atoms with Crippen LogP contribution in [0.2, 0.25) is 0 Å². The molecule has 0 spiro atoms. The van der Waals surface area contributed by atoms with Crippen molar-refractivity contribution in [1.82, 2.24) is 20.8 Å². The Labute approximate surface area is 154 Å². The second-order valence-electron chi connectivity index (χ2n) is 6.12. The van der Waals surface area contributed by atoms with Gasteiger partial charge in [-0.3, -0.25) is 4.79 Å². The Balaban J connectivity index is 1.47. The van der Waals surface area contributed by atoms with Gasteiger partial charge in [0, 0.05) is 11.7 Å². The second-order valence-corrected chi connectivity index (χ2v) is 7.19. The molecule has 0 atom stereocenters. The molecule has 3 rings (SSSR count). The highest BCUT2D eigenvalue weighted by atomic mass is 32.1. The van der Waals surface area contributed by atoms with Crippen molar-refractivity contribution in [3.05, 3.63) is 40.1 Å². The molecule has 1 fully saturated rings. The lowest BCUT2D eigenvalue weighted by atomic mass is 9.96. The third-order valence-corrected chi connectivity index (χ3v) is 5.03. The van der Waals surface area contributed by atoms with Crippen LogP contribution in [0.5, 0.6) is 0 Å². The topological polar surface area (TPSA) is 96.0 Å². The Kier molecular flexibility index (Phi) is 6.11. The molecule has 0 radical (unpaired) electrons. The number of urea groups is 1. The Morgan fingerprint density at radius 1 is 1.12 bits per heavy atom. The summed E-state index contributed by atoms with van der Waals surface area (Å²) in [5.74, 6) is -0.800. The van der Waals surface area contributed by atoms with Crippen LogP contribution in [0.25, 0.3) is 0 Å². The summed E-state index contributed by atoms with van der Waals surface area (Å²) in [6.45, 7) is 0.208. The highest BCUT2D eigenvalue weighted by Crippen LogP contribution is 2.17. The molecule has 1 aromatic carbocycles. The minimum atomic E-state index is -0.424. The predicted octanol–water partition coefficient (Wildman–Crippen LogP) is 3.06. The quantitative estimate of drug-likeness (QED) is 0.746. The van der Waals surface area contributed by atoms with E-state index < -0.39 is 5.91 Å². The Bertz CT molecular complexity index is 759. The van der Waals surface area contributed by atoms with Crippen LogP contribution < -0.4 is 16.0 Å². The Morgan fingerprint density at radius 3 is 2.58 bits per heavy atom. The first kappa shape index (κ1) is 18.2. The van der Waals surface area contributed by atoms with Crippen molar-refractivity contribution < 1.29 is 14.0 Å². The average Bonchev–Trinajstić information content (AvgIpc) is 3.12. The molecule has 0 aliphatic heterocycles. The summed E-state index contributed by atoms with van der Waals surface area (Å²) in [4.78, 5) is 24.0. The molecule has 3 N–H and O–H groups in total. The van der Waals surface area contributed by atoms with Crippen LogP contribution in [-0.2, 0) is 6.54 Å². The number of nitrogens with one attached hydrogen (secondary N) is 3. The highest BCUT2D eigenvalue weighted by molar-refractivity contribution is 7.13. The molecule has 26 heavy (non-hydrogen) atoms. The zero-order valence-corrected chi connectivity index (χ0v) is 14.9. The van der Waals surface area contributed by atoms with Gasteiger partial charge in [-0.25, -0.2) is 9.18 Å². The van der Waals surface area contributed by atoms with E-state index in [1.54, 1.807) is 0 Å². The van der Waals surface area contributed by atoms with E-state index in [0.29, 0.717) is 10.7 Å². The maximum absolute atomic E-state index is 12.9. The molecular weight excluding hydrogens is 357 g/mol. The van der Waals surface area contributed by atoms with Crippen molar-refractivity contribution in [2.75, 3.05) is 5.32 Å². The maximum atomic E-state index is 12.9. The van der Waals surface area contributed by atoms with Crippen molar-refractivity contribution in [1.29, 1.82) is 0 Å². The lowest BCUT2D eigenvalue weighted by Crippen LogP contribution is -2.42. The van der Waals surface area contributed by atoms with Gasteiger partial charge in [-0.1, -0.05) is 30.6 Å². The monoisotopic (exact) mass is 377 g/mol. The molecule has 1 saturated carbocycles. The summed E-state index contributed by atoms with van der Waals surface area (Å²) in [7, 11) is 0. The van der Waals surface area contributed by atoms with E-state index in [4.69, 9.17) is 0 Å². The lowest BCUT2D eigenvalue weighted by Gasteiger charge is -2.22. The summed E-state index contributed by atoms with van der Waals surface area (Å²) in [5, 5.41) is 16.8. The van der Waals surface area contributed by atoms with Crippen molar-refractivity contribution in [3.63, 3.8) is 0 Å². The fourth-order valence-corrected chi connectivity index (χ4v) is 3.45. The molecule has 1 heterocycles. The first-order chi connectivity index (χ1) is 12.6. The number of nitrogens with zero attached hydrogens (tertiary/aromatic N) is 2. The number of anilines is 1. The van der Waals surface area contributed by atoms with E-state index in [1.165, 1.54) is 30.7 Å². The van der Waals surface area contributed by atoms with E-state index in [1.807, 2.05) is 0 Å². The maximum Gasteiger partial charge on any atom is 0.315 e. The van der Waals surface area contributed by atoms with E-state index in [9.17, 15) is 14.0 Å². The molecule has 1 aromatic heterocycles. The molecule has 0 unspecified atom stereocenters. The van der Waals surface area contributed by atoms with E-state index in [0.717, 1.165) is 37.0 Å². The molecule has 0 saturated heterocycles. The van der Waals surface area contributed by atoms with Crippen molar-refractivity contribution >= 4 is 29.0 Å². The van der Waals surface area contributed by atoms with Crippen LogP contribution >= 0.6 is 11.3 Å². The minimum Gasteiger partial charge on any atom is -0.335 e. The van der Waals surface area contributed by atoms with Crippen LogP contribution in [0.4, 0.5) is 14.9 Å². The number of hydrogen-bond acceptors (Lipinski definition) is 5. The fourth-order valence-electron chi connectivity index (χ4n) is 2.77. The van der Waals surface area contributed by atoms with Crippen molar-refractivity contribution in [3.8, 4) is 0 Å². The number of aromatic nitrogens is 2. The number of carbonyl (C=O) groups is 2. The largest absolute Gasteiger partial charge is 0.335 e. The summed E-state index contributed by atoms with van der Waals surface area (Å²) < 4.78 is 12.9. The zero-order chi connectivity index (χ0) is 18.4. The second kappa shape index (κ2) is 8.70. The highest BCUT2D eigenvalue weighted by Gasteiger charge is 2.17. The van der Waals surface area contributed by atoms with Gasteiger partial charge >= 0.3 is 6.03 Å². The molecule has 2 aromatic rings. The number of carbonyl (C=O) groups excluding carboxylic acids is 2. The third-order valence-electron chi connectivity index (χ3n) is 4.10. The number of rotatable bonds is 5. The Hall–Kier alpha value is -2.55. The summed E-state index contributed by atoms with van der Waals surface area (Å²) in [6.07, 6.45) is 5.55. The van der Waals surface area contributed by atoms with E-state index >= 15 is 0 Å². The average molecular weight is 377 g/mol. The number of benzene rings is 1. The van der Waals surface area contributed by atoms with Crippen molar-refractivity contribution in [2.24, 2.45) is 0 Å². The van der Waals surface area contributed by atoms with Gasteiger partial charge in [0.2, 0.25) is 5.01 Å². The van der Waals surface area contributed by atoms with E-state index in [2.05, 4.69) is 26.1 Å². The van der Waals surface area contributed by atoms with Gasteiger partial charge in [0.1, 0.15) is 10.8 Å². The first-order valence-electron chi connectivity index (χ1n) is 8.54. The van der Waals surface area contributed by atoms with Crippen LogP contribution in [0.1, 0.15) is 46.9 Å². The summed E-state index contributed by atoms with van der Waals surface area (Å²) >= 11 is 1.10. The molecular formula is C17H20FN5O2S. The van der Waals surface area contributed by atoms with E-state index in [-0.39, 0.29) is 29.4 Å². The van der Waals surface area contributed by atoms with Gasteiger partial charge in [-0.15, -0.1) is 10.2 Å². The van der Waals surface area contributed by atoms with Crippen molar-refractivity contribution in [2.45, 2.75) is 44.7 Å². The van der Waals surface area contributed by atoms with Gasteiger partial charge in [0.05, 0.1) is 6.54 Å². The molecule has 7 nitrogen and oxygen atoms in total. The molecule has 3 amide bonds. The SMILES string of the molecule is O=C(NCc1nnc(C(=O)Nc2ccc(F)cc2)s1)NC1CCCCC1. The van der Waals surface area contributed by atoms with Gasteiger partial charge in [-0.05, 0) is 37.1 Å². The minimum absolute atomic E-state index is 0.179. The molecule has 138 valence electrons. The number of amides is 3. The lowest BCUT2D eigenvalue weighted by molar-refractivity contribution is 0.102. The standard InChI is InChI=1S/C17H20FN5O2S/c18-11-6-8-13(9-7-11)20-15(24)16-23-22-14(26-16)10-19-17(25)21-12-4-2-1-3-5-12/h6-9,12H,1-5,10H2,(H,20,24)(H2,19,21,25). The fraction of sp³-hybridized carbons (Fsp3) is 0.412. The van der Waals surface area contributed by atoms with Gasteiger partial charge in [0.25, 0.3) is 5.91 Å².